The van der Waals surface area contributed by atoms with Gasteiger partial charge in [-0.1, -0.05) is 5.16 Å². The minimum atomic E-state index is 0.712. The number of aryl methyl sites for hydroxylation is 1. The molecule has 19 heavy (non-hydrogen) atoms. The van der Waals surface area contributed by atoms with Gasteiger partial charge < -0.3 is 9.84 Å². The first-order valence-electron chi connectivity index (χ1n) is 6.08. The molecule has 0 aliphatic rings. The molecule has 0 saturated heterocycles. The third kappa shape index (κ3) is 2.76. The third-order valence-corrected chi connectivity index (χ3v) is 2.75. The average molecular weight is 258 g/mol. The lowest BCUT2D eigenvalue weighted by Gasteiger charge is -2.03. The van der Waals surface area contributed by atoms with E-state index in [4.69, 9.17) is 0 Å². The molecule has 3 aromatic rings. The van der Waals surface area contributed by atoms with E-state index < -0.39 is 0 Å². The quantitative estimate of drug-likeness (QED) is 0.680. The molecule has 1 N–H and O–H groups in total. The van der Waals surface area contributed by atoms with Crippen LogP contribution in [-0.2, 0) is 13.0 Å². The minimum absolute atomic E-state index is 0.712. The zero-order chi connectivity index (χ0) is 13.1. The Morgan fingerprint density at radius 2 is 2.32 bits per heavy atom. The van der Waals surface area contributed by atoms with Crippen LogP contribution in [0.1, 0.15) is 17.1 Å². The molecule has 3 aromatic heterocycles. The smallest absolute Gasteiger partial charge is 0.213 e. The SMILES string of the molecule is Cc1cc2ncc(CNCCc3ncon3)cn2n1. The van der Waals surface area contributed by atoms with Crippen molar-refractivity contribution in [2.75, 3.05) is 6.54 Å². The van der Waals surface area contributed by atoms with Crippen molar-refractivity contribution >= 4 is 5.65 Å². The molecule has 0 bridgehead atoms. The van der Waals surface area contributed by atoms with Crippen LogP contribution in [0.2, 0.25) is 0 Å². The maximum atomic E-state index is 4.67. The van der Waals surface area contributed by atoms with Gasteiger partial charge in [0.2, 0.25) is 6.39 Å². The second-order valence-electron chi connectivity index (χ2n) is 4.32. The van der Waals surface area contributed by atoms with Gasteiger partial charge in [-0.05, 0) is 6.92 Å². The summed E-state index contributed by atoms with van der Waals surface area (Å²) in [5.74, 6) is 0.712. The van der Waals surface area contributed by atoms with Crippen molar-refractivity contribution in [3.63, 3.8) is 0 Å². The Morgan fingerprint density at radius 3 is 3.16 bits per heavy atom. The Kier molecular flexibility index (Phi) is 3.20. The summed E-state index contributed by atoms with van der Waals surface area (Å²) < 4.78 is 6.47. The fraction of sp³-hybridized carbons (Fsp3) is 0.333. The first kappa shape index (κ1) is 11.8. The van der Waals surface area contributed by atoms with Crippen LogP contribution in [0.15, 0.2) is 29.4 Å². The molecule has 0 saturated carbocycles. The van der Waals surface area contributed by atoms with Crippen molar-refractivity contribution in [2.24, 2.45) is 0 Å². The van der Waals surface area contributed by atoms with Gasteiger partial charge in [-0.25, -0.2) is 9.50 Å². The van der Waals surface area contributed by atoms with Crippen LogP contribution < -0.4 is 5.32 Å². The molecule has 0 radical (unpaired) electrons. The summed E-state index contributed by atoms with van der Waals surface area (Å²) in [6.45, 7) is 3.48. The highest BCUT2D eigenvalue weighted by Crippen LogP contribution is 2.04. The fourth-order valence-electron chi connectivity index (χ4n) is 1.86. The lowest BCUT2D eigenvalue weighted by atomic mass is 10.3. The van der Waals surface area contributed by atoms with E-state index in [1.54, 1.807) is 4.52 Å². The summed E-state index contributed by atoms with van der Waals surface area (Å²) in [7, 11) is 0. The molecule has 0 aliphatic heterocycles. The van der Waals surface area contributed by atoms with E-state index in [2.05, 4.69) is 30.1 Å². The van der Waals surface area contributed by atoms with Crippen LogP contribution in [0.4, 0.5) is 0 Å². The molecule has 7 heteroatoms. The van der Waals surface area contributed by atoms with Gasteiger partial charge in [0.1, 0.15) is 0 Å². The number of nitrogens with one attached hydrogen (secondary N) is 1. The van der Waals surface area contributed by atoms with Crippen molar-refractivity contribution in [3.05, 3.63) is 41.9 Å². The van der Waals surface area contributed by atoms with Crippen LogP contribution in [0, 0.1) is 6.92 Å². The van der Waals surface area contributed by atoms with E-state index in [1.165, 1.54) is 6.39 Å². The first-order chi connectivity index (χ1) is 9.31. The van der Waals surface area contributed by atoms with Crippen molar-refractivity contribution < 1.29 is 4.52 Å². The zero-order valence-electron chi connectivity index (χ0n) is 10.6. The van der Waals surface area contributed by atoms with E-state index in [0.717, 1.165) is 36.4 Å². The number of nitrogens with zero attached hydrogens (tertiary/aromatic N) is 5. The standard InChI is InChI=1S/C12H14N6O/c1-9-4-12-14-6-10(7-18(12)16-9)5-13-3-2-11-15-8-19-17-11/h4,6-8,13H,2-3,5H2,1H3. The van der Waals surface area contributed by atoms with Crippen molar-refractivity contribution in [3.8, 4) is 0 Å². The Hall–Kier alpha value is -2.28. The molecule has 0 fully saturated rings. The lowest BCUT2D eigenvalue weighted by molar-refractivity contribution is 0.409. The van der Waals surface area contributed by atoms with E-state index in [-0.39, 0.29) is 0 Å². The van der Waals surface area contributed by atoms with E-state index in [9.17, 15) is 0 Å². The second kappa shape index (κ2) is 5.15. The highest BCUT2D eigenvalue weighted by molar-refractivity contribution is 5.38. The molecule has 7 nitrogen and oxygen atoms in total. The van der Waals surface area contributed by atoms with Gasteiger partial charge in [0, 0.05) is 43.5 Å². The maximum Gasteiger partial charge on any atom is 0.213 e. The zero-order valence-corrected chi connectivity index (χ0v) is 10.6. The fourth-order valence-corrected chi connectivity index (χ4v) is 1.86. The molecule has 0 unspecified atom stereocenters. The Bertz CT molecular complexity index is 660. The highest BCUT2D eigenvalue weighted by atomic mass is 16.5. The Morgan fingerprint density at radius 1 is 1.37 bits per heavy atom. The first-order valence-corrected chi connectivity index (χ1v) is 6.08. The third-order valence-electron chi connectivity index (χ3n) is 2.75. The lowest BCUT2D eigenvalue weighted by Crippen LogP contribution is -2.17. The van der Waals surface area contributed by atoms with Crippen molar-refractivity contribution in [1.29, 1.82) is 0 Å². The molecule has 0 spiro atoms. The van der Waals surface area contributed by atoms with Crippen LogP contribution in [0.25, 0.3) is 5.65 Å². The van der Waals surface area contributed by atoms with E-state index >= 15 is 0 Å². The molecular weight excluding hydrogens is 244 g/mol. The molecule has 0 atom stereocenters. The summed E-state index contributed by atoms with van der Waals surface area (Å²) in [6, 6.07) is 1.95. The largest absolute Gasteiger partial charge is 0.343 e. The maximum absolute atomic E-state index is 4.67. The van der Waals surface area contributed by atoms with Crippen LogP contribution >= 0.6 is 0 Å². The minimum Gasteiger partial charge on any atom is -0.343 e. The van der Waals surface area contributed by atoms with E-state index in [1.807, 2.05) is 25.4 Å². The van der Waals surface area contributed by atoms with Crippen LogP contribution in [0.5, 0.6) is 0 Å². The van der Waals surface area contributed by atoms with Crippen LogP contribution in [0.3, 0.4) is 0 Å². The molecule has 3 heterocycles. The topological polar surface area (TPSA) is 81.1 Å². The number of fused-ring (bicyclic) bond motifs is 1. The summed E-state index contributed by atoms with van der Waals surface area (Å²) in [5.41, 5.74) is 2.92. The van der Waals surface area contributed by atoms with Gasteiger partial charge in [-0.15, -0.1) is 0 Å². The number of rotatable bonds is 5. The highest BCUT2D eigenvalue weighted by Gasteiger charge is 2.01. The normalized spacial score (nSPS) is 11.2. The summed E-state index contributed by atoms with van der Waals surface area (Å²) in [4.78, 5) is 8.31. The number of hydrogen-bond acceptors (Lipinski definition) is 6. The summed E-state index contributed by atoms with van der Waals surface area (Å²) in [6.07, 6.45) is 5.93. The molecule has 3 rings (SSSR count). The molecule has 0 aliphatic carbocycles. The second-order valence-corrected chi connectivity index (χ2v) is 4.32. The van der Waals surface area contributed by atoms with Gasteiger partial charge in [0.05, 0.1) is 5.69 Å². The van der Waals surface area contributed by atoms with Crippen molar-refractivity contribution in [1.82, 2.24) is 30.1 Å². The molecule has 0 amide bonds. The number of hydrogen-bond donors (Lipinski definition) is 1. The summed E-state index contributed by atoms with van der Waals surface area (Å²) in [5, 5.41) is 11.4. The van der Waals surface area contributed by atoms with Gasteiger partial charge in [-0.2, -0.15) is 10.1 Å². The monoisotopic (exact) mass is 258 g/mol. The van der Waals surface area contributed by atoms with Gasteiger partial charge in [-0.3, -0.25) is 0 Å². The summed E-state index contributed by atoms with van der Waals surface area (Å²) >= 11 is 0. The van der Waals surface area contributed by atoms with Gasteiger partial charge >= 0.3 is 0 Å². The number of aromatic nitrogens is 5. The predicted molar refractivity (Wildman–Crippen MR) is 67.4 cm³/mol. The molecule has 98 valence electrons. The van der Waals surface area contributed by atoms with Gasteiger partial charge in [0.25, 0.3) is 0 Å². The van der Waals surface area contributed by atoms with Crippen LogP contribution in [-0.4, -0.2) is 31.3 Å². The Balaban J connectivity index is 1.56. The van der Waals surface area contributed by atoms with E-state index in [0.29, 0.717) is 5.82 Å². The Labute approximate surface area is 109 Å². The van der Waals surface area contributed by atoms with Gasteiger partial charge in [0.15, 0.2) is 11.5 Å². The average Bonchev–Trinajstić information content (AvgIpc) is 3.02. The molecule has 0 aromatic carbocycles. The predicted octanol–water partition coefficient (Wildman–Crippen LogP) is 0.753. The van der Waals surface area contributed by atoms with Crippen molar-refractivity contribution in [2.45, 2.75) is 19.9 Å². The molecular formula is C12H14N6O.